The molecule has 0 aliphatic heterocycles. The van der Waals surface area contributed by atoms with Gasteiger partial charge in [0.15, 0.2) is 5.09 Å². The third-order valence-corrected chi connectivity index (χ3v) is 2.62. The first-order chi connectivity index (χ1) is 9.56. The minimum atomic E-state index is -1.04. The molecule has 0 aromatic heterocycles. The van der Waals surface area contributed by atoms with E-state index < -0.39 is 17.5 Å². The lowest BCUT2D eigenvalue weighted by Gasteiger charge is -2.28. The second kappa shape index (κ2) is 8.91. The highest BCUT2D eigenvalue weighted by molar-refractivity contribution is 7.84. The van der Waals surface area contributed by atoms with E-state index in [1.54, 1.807) is 20.9 Å². The van der Waals surface area contributed by atoms with Crippen molar-refractivity contribution >= 4 is 24.5 Å². The van der Waals surface area contributed by atoms with Crippen LogP contribution >= 0.6 is 12.6 Å². The molecule has 0 aromatic carbocycles. The van der Waals surface area contributed by atoms with Gasteiger partial charge in [0.1, 0.15) is 19.3 Å². The summed E-state index contributed by atoms with van der Waals surface area (Å²) in [5.41, 5.74) is -0.878. The minimum absolute atomic E-state index is 0.0487. The van der Waals surface area contributed by atoms with Crippen molar-refractivity contribution in [2.24, 2.45) is 5.41 Å². The van der Waals surface area contributed by atoms with E-state index in [4.69, 9.17) is 4.74 Å². The zero-order chi connectivity index (χ0) is 16.6. The molecule has 0 aromatic rings. The predicted octanol–water partition coefficient (Wildman–Crippen LogP) is 0.744. The fourth-order valence-electron chi connectivity index (χ4n) is 1.36. The van der Waals surface area contributed by atoms with E-state index in [-0.39, 0.29) is 30.8 Å². The SMILES string of the molecule is C=C(S)OOCC(O)COC(=O)C(C)(C)CN(C)C(C)=O. The van der Waals surface area contributed by atoms with Gasteiger partial charge in [-0.25, -0.2) is 0 Å². The molecule has 0 aliphatic carbocycles. The van der Waals surface area contributed by atoms with Crippen LogP contribution in [0.1, 0.15) is 20.8 Å². The number of nitrogens with zero attached hydrogens (tertiary/aromatic N) is 1. The maximum Gasteiger partial charge on any atom is 0.313 e. The van der Waals surface area contributed by atoms with E-state index in [0.717, 1.165) is 0 Å². The molecule has 0 heterocycles. The Balaban J connectivity index is 4.16. The first kappa shape index (κ1) is 19.8. The number of carbonyl (C=O) groups is 2. The van der Waals surface area contributed by atoms with E-state index in [1.807, 2.05) is 0 Å². The molecule has 1 N–H and O–H groups in total. The Bertz CT molecular complexity index is 385. The fourth-order valence-corrected chi connectivity index (χ4v) is 1.42. The van der Waals surface area contributed by atoms with Gasteiger partial charge in [0.2, 0.25) is 5.91 Å². The number of hydrogen-bond donors (Lipinski definition) is 2. The van der Waals surface area contributed by atoms with Crippen LogP contribution in [-0.4, -0.2) is 54.8 Å². The van der Waals surface area contributed by atoms with Crippen molar-refractivity contribution < 1.29 is 29.2 Å². The first-order valence-corrected chi connectivity index (χ1v) is 6.75. The highest BCUT2D eigenvalue weighted by Gasteiger charge is 2.32. The van der Waals surface area contributed by atoms with Crippen LogP contribution in [0.15, 0.2) is 11.7 Å². The number of hydrogen-bond acceptors (Lipinski definition) is 7. The molecule has 0 fully saturated rings. The standard InChI is InChI=1S/C13H23NO6S/c1-9(15)14(5)8-13(3,4)12(17)18-6-11(16)7-19-20-10(2)21/h11,16,21H,2,6-8H2,1,3-5H3. The molecule has 8 heteroatoms. The first-order valence-electron chi connectivity index (χ1n) is 6.30. The fraction of sp³-hybridized carbons (Fsp3) is 0.692. The minimum Gasteiger partial charge on any atom is -0.462 e. The van der Waals surface area contributed by atoms with Crippen LogP contribution in [0.3, 0.4) is 0 Å². The van der Waals surface area contributed by atoms with Gasteiger partial charge >= 0.3 is 5.97 Å². The predicted molar refractivity (Wildman–Crippen MR) is 79.2 cm³/mol. The molecule has 1 unspecified atom stereocenters. The number of aliphatic hydroxyl groups is 1. The van der Waals surface area contributed by atoms with Gasteiger partial charge in [-0.05, 0) is 20.4 Å². The van der Waals surface area contributed by atoms with Crippen LogP contribution in [0, 0.1) is 5.41 Å². The highest BCUT2D eigenvalue weighted by Crippen LogP contribution is 2.19. The van der Waals surface area contributed by atoms with Crippen molar-refractivity contribution in [1.29, 1.82) is 0 Å². The molecule has 0 spiro atoms. The molecular formula is C13H23NO6S. The van der Waals surface area contributed by atoms with Crippen LogP contribution in [-0.2, 0) is 24.1 Å². The van der Waals surface area contributed by atoms with Gasteiger partial charge in [0.25, 0.3) is 0 Å². The van der Waals surface area contributed by atoms with Gasteiger partial charge in [-0.3, -0.25) is 9.59 Å². The normalized spacial score (nSPS) is 12.5. The number of thiol groups is 1. The topological polar surface area (TPSA) is 85.3 Å². The number of rotatable bonds is 9. The van der Waals surface area contributed by atoms with E-state index in [9.17, 15) is 14.7 Å². The monoisotopic (exact) mass is 321 g/mol. The summed E-state index contributed by atoms with van der Waals surface area (Å²) in [5.74, 6) is -0.664. The summed E-state index contributed by atoms with van der Waals surface area (Å²) < 4.78 is 5.00. The lowest BCUT2D eigenvalue weighted by atomic mass is 9.93. The molecule has 1 amide bonds. The molecule has 1 atom stereocenters. The molecule has 21 heavy (non-hydrogen) atoms. The molecule has 0 saturated heterocycles. The van der Waals surface area contributed by atoms with Gasteiger partial charge in [0.05, 0.1) is 5.41 Å². The third-order valence-electron chi connectivity index (χ3n) is 2.54. The summed E-state index contributed by atoms with van der Waals surface area (Å²) >= 11 is 3.73. The lowest BCUT2D eigenvalue weighted by molar-refractivity contribution is -0.268. The Hall–Kier alpha value is -1.25. The maximum absolute atomic E-state index is 11.9. The largest absolute Gasteiger partial charge is 0.462 e. The van der Waals surface area contributed by atoms with E-state index in [2.05, 4.69) is 29.0 Å². The second-order valence-corrected chi connectivity index (χ2v) is 5.77. The lowest BCUT2D eigenvalue weighted by Crippen LogP contribution is -2.41. The Morgan fingerprint density at radius 1 is 1.38 bits per heavy atom. The van der Waals surface area contributed by atoms with Crippen molar-refractivity contribution in [3.8, 4) is 0 Å². The van der Waals surface area contributed by atoms with E-state index >= 15 is 0 Å². The molecule has 0 aliphatic rings. The second-order valence-electron chi connectivity index (χ2n) is 5.27. The molecule has 0 saturated carbocycles. The van der Waals surface area contributed by atoms with Crippen molar-refractivity contribution in [1.82, 2.24) is 4.90 Å². The van der Waals surface area contributed by atoms with Crippen LogP contribution < -0.4 is 0 Å². The van der Waals surface area contributed by atoms with Crippen LogP contribution in [0.4, 0.5) is 0 Å². The van der Waals surface area contributed by atoms with E-state index in [1.165, 1.54) is 11.8 Å². The number of aliphatic hydroxyl groups excluding tert-OH is 1. The Morgan fingerprint density at radius 2 is 1.95 bits per heavy atom. The highest BCUT2D eigenvalue weighted by atomic mass is 32.1. The Labute approximate surface area is 130 Å². The van der Waals surface area contributed by atoms with Crippen molar-refractivity contribution in [3.05, 3.63) is 11.7 Å². The molecular weight excluding hydrogens is 298 g/mol. The summed E-state index contributed by atoms with van der Waals surface area (Å²) in [6, 6.07) is 0. The zero-order valence-corrected chi connectivity index (χ0v) is 13.7. The van der Waals surface area contributed by atoms with Gasteiger partial charge in [-0.2, -0.15) is 4.89 Å². The summed E-state index contributed by atoms with van der Waals surface area (Å²) in [4.78, 5) is 33.6. The van der Waals surface area contributed by atoms with Crippen molar-refractivity contribution in [3.63, 3.8) is 0 Å². The Morgan fingerprint density at radius 3 is 2.43 bits per heavy atom. The quantitative estimate of drug-likeness (QED) is 0.214. The number of esters is 1. The molecule has 122 valence electrons. The van der Waals surface area contributed by atoms with Crippen molar-refractivity contribution in [2.45, 2.75) is 26.9 Å². The molecule has 7 nitrogen and oxygen atoms in total. The summed E-state index contributed by atoms with van der Waals surface area (Å²) in [7, 11) is 1.60. The van der Waals surface area contributed by atoms with Crippen LogP contribution in [0.5, 0.6) is 0 Å². The molecule has 0 bridgehead atoms. The maximum atomic E-state index is 11.9. The van der Waals surface area contributed by atoms with Crippen LogP contribution in [0.25, 0.3) is 0 Å². The number of amides is 1. The Kier molecular flexibility index (Phi) is 8.38. The zero-order valence-electron chi connectivity index (χ0n) is 12.8. The average Bonchev–Trinajstić information content (AvgIpc) is 2.34. The van der Waals surface area contributed by atoms with Crippen LogP contribution in [0.2, 0.25) is 0 Å². The van der Waals surface area contributed by atoms with Gasteiger partial charge in [-0.1, -0.05) is 0 Å². The summed E-state index contributed by atoms with van der Waals surface area (Å²) in [6.45, 7) is 7.83. The summed E-state index contributed by atoms with van der Waals surface area (Å²) in [5, 5.41) is 9.59. The van der Waals surface area contributed by atoms with E-state index in [0.29, 0.717) is 0 Å². The average molecular weight is 321 g/mol. The number of carbonyl (C=O) groups excluding carboxylic acids is 2. The number of ether oxygens (including phenoxy) is 1. The van der Waals surface area contributed by atoms with Gasteiger partial charge < -0.3 is 19.6 Å². The van der Waals surface area contributed by atoms with Gasteiger partial charge in [0, 0.05) is 20.5 Å². The molecule has 0 radical (unpaired) electrons. The van der Waals surface area contributed by atoms with Gasteiger partial charge in [-0.15, -0.1) is 12.6 Å². The third kappa shape index (κ3) is 8.59. The summed E-state index contributed by atoms with van der Waals surface area (Å²) in [6.07, 6.45) is -1.04. The smallest absolute Gasteiger partial charge is 0.313 e. The van der Waals surface area contributed by atoms with Crippen molar-refractivity contribution in [2.75, 3.05) is 26.8 Å². The molecule has 0 rings (SSSR count).